The van der Waals surface area contributed by atoms with Gasteiger partial charge in [0.25, 0.3) is 0 Å². The molecule has 1 atom stereocenters. The standard InChI is InChI=1S/C19H27N3O3S.HI/c1-4-20-18(22-13-19(2,24)17-6-5-11-26-17)21-10-9-14-7-8-15(25-3)12-16(14)23;/h5-8,11-12,23-24H,4,9-10,13H2,1-3H3,(H2,20,21,22);1H. The van der Waals surface area contributed by atoms with E-state index in [0.717, 1.165) is 17.0 Å². The van der Waals surface area contributed by atoms with E-state index in [9.17, 15) is 10.2 Å². The average molecular weight is 505 g/mol. The highest BCUT2D eigenvalue weighted by Crippen LogP contribution is 2.25. The van der Waals surface area contributed by atoms with Crippen LogP contribution < -0.4 is 15.4 Å². The number of aliphatic imine (C=N–C) groups is 1. The van der Waals surface area contributed by atoms with Gasteiger partial charge in [0.1, 0.15) is 17.1 Å². The summed E-state index contributed by atoms with van der Waals surface area (Å²) in [4.78, 5) is 5.38. The van der Waals surface area contributed by atoms with Crippen LogP contribution in [0.2, 0.25) is 0 Å². The van der Waals surface area contributed by atoms with Crippen molar-refractivity contribution in [1.82, 2.24) is 10.6 Å². The summed E-state index contributed by atoms with van der Waals surface area (Å²) in [6.07, 6.45) is 0.640. The number of aromatic hydroxyl groups is 1. The number of guanidine groups is 1. The average Bonchev–Trinajstić information content (AvgIpc) is 3.16. The fraction of sp³-hybridized carbons (Fsp3) is 0.421. The number of methoxy groups -OCH3 is 1. The second-order valence-electron chi connectivity index (χ2n) is 6.12. The van der Waals surface area contributed by atoms with Gasteiger partial charge in [-0.2, -0.15) is 0 Å². The summed E-state index contributed by atoms with van der Waals surface area (Å²) in [6, 6.07) is 9.11. The Labute approximate surface area is 181 Å². The van der Waals surface area contributed by atoms with Crippen LogP contribution in [0.3, 0.4) is 0 Å². The third kappa shape index (κ3) is 7.19. The van der Waals surface area contributed by atoms with Crippen molar-refractivity contribution in [3.05, 3.63) is 46.2 Å². The van der Waals surface area contributed by atoms with Crippen molar-refractivity contribution < 1.29 is 14.9 Å². The van der Waals surface area contributed by atoms with Crippen LogP contribution in [0, 0.1) is 0 Å². The molecule has 1 heterocycles. The molecule has 0 bridgehead atoms. The molecule has 2 aromatic rings. The molecule has 0 aliphatic rings. The quantitative estimate of drug-likeness (QED) is 0.252. The summed E-state index contributed by atoms with van der Waals surface area (Å²) in [6.45, 7) is 5.34. The number of halogens is 1. The maximum atomic E-state index is 10.6. The van der Waals surface area contributed by atoms with Crippen LogP contribution in [0.25, 0.3) is 0 Å². The zero-order valence-electron chi connectivity index (χ0n) is 15.9. The van der Waals surface area contributed by atoms with E-state index in [1.165, 1.54) is 11.3 Å². The van der Waals surface area contributed by atoms with Gasteiger partial charge in [0.2, 0.25) is 0 Å². The second-order valence-corrected chi connectivity index (χ2v) is 7.07. The number of aliphatic hydroxyl groups is 1. The van der Waals surface area contributed by atoms with Gasteiger partial charge in [-0.05, 0) is 43.3 Å². The number of benzene rings is 1. The van der Waals surface area contributed by atoms with Crippen LogP contribution in [0.4, 0.5) is 0 Å². The zero-order valence-corrected chi connectivity index (χ0v) is 19.0. The van der Waals surface area contributed by atoms with E-state index in [1.54, 1.807) is 20.1 Å². The number of nitrogens with one attached hydrogen (secondary N) is 2. The van der Waals surface area contributed by atoms with Crippen molar-refractivity contribution in [2.75, 3.05) is 26.7 Å². The number of phenols is 1. The van der Waals surface area contributed by atoms with E-state index >= 15 is 0 Å². The first-order chi connectivity index (χ1) is 12.5. The zero-order chi connectivity index (χ0) is 19.0. The molecule has 1 aromatic carbocycles. The molecular formula is C19H28IN3O3S. The molecule has 0 aliphatic carbocycles. The summed E-state index contributed by atoms with van der Waals surface area (Å²) in [5, 5.41) is 28.9. The highest BCUT2D eigenvalue weighted by atomic mass is 127. The number of nitrogens with zero attached hydrogens (tertiary/aromatic N) is 1. The molecule has 0 amide bonds. The van der Waals surface area contributed by atoms with Crippen molar-refractivity contribution >= 4 is 41.3 Å². The van der Waals surface area contributed by atoms with Crippen molar-refractivity contribution in [3.63, 3.8) is 0 Å². The molecule has 1 aromatic heterocycles. The summed E-state index contributed by atoms with van der Waals surface area (Å²) < 4.78 is 5.09. The van der Waals surface area contributed by atoms with E-state index < -0.39 is 5.60 Å². The van der Waals surface area contributed by atoms with Gasteiger partial charge in [0.15, 0.2) is 5.96 Å². The molecule has 0 saturated carbocycles. The fourth-order valence-electron chi connectivity index (χ4n) is 2.44. The van der Waals surface area contributed by atoms with Crippen molar-refractivity contribution in [2.45, 2.75) is 25.9 Å². The number of thiophene rings is 1. The lowest BCUT2D eigenvalue weighted by Crippen LogP contribution is -2.39. The van der Waals surface area contributed by atoms with Crippen LogP contribution >= 0.6 is 35.3 Å². The molecule has 0 radical (unpaired) electrons. The van der Waals surface area contributed by atoms with Crippen molar-refractivity contribution in [3.8, 4) is 11.5 Å². The van der Waals surface area contributed by atoms with Gasteiger partial charge in [0.05, 0.1) is 13.7 Å². The lowest BCUT2D eigenvalue weighted by atomic mass is 10.1. The minimum atomic E-state index is -0.995. The number of rotatable bonds is 8. The molecule has 6 nitrogen and oxygen atoms in total. The molecule has 0 spiro atoms. The summed E-state index contributed by atoms with van der Waals surface area (Å²) in [5.74, 6) is 1.48. The van der Waals surface area contributed by atoms with Crippen LogP contribution in [0.15, 0.2) is 40.7 Å². The summed E-state index contributed by atoms with van der Waals surface area (Å²) >= 11 is 1.52. The van der Waals surface area contributed by atoms with Gasteiger partial charge >= 0.3 is 0 Å². The Morgan fingerprint density at radius 1 is 1.30 bits per heavy atom. The van der Waals surface area contributed by atoms with Crippen molar-refractivity contribution in [1.29, 1.82) is 0 Å². The van der Waals surface area contributed by atoms with E-state index in [2.05, 4.69) is 15.6 Å². The van der Waals surface area contributed by atoms with Crippen LogP contribution in [0.5, 0.6) is 11.5 Å². The van der Waals surface area contributed by atoms with Gasteiger partial charge in [-0.3, -0.25) is 0 Å². The Morgan fingerprint density at radius 3 is 2.67 bits per heavy atom. The van der Waals surface area contributed by atoms with E-state index in [0.29, 0.717) is 24.7 Å². The Morgan fingerprint density at radius 2 is 2.07 bits per heavy atom. The third-order valence-corrected chi connectivity index (χ3v) is 5.04. The number of hydrogen-bond acceptors (Lipinski definition) is 5. The SMILES string of the molecule is CCNC(=NCC(C)(O)c1cccs1)NCCc1ccc(OC)cc1O.I. The first kappa shape index (κ1) is 23.5. The van der Waals surface area contributed by atoms with Crippen molar-refractivity contribution in [2.24, 2.45) is 4.99 Å². The van der Waals surface area contributed by atoms with Crippen LogP contribution in [-0.2, 0) is 12.0 Å². The molecule has 4 N–H and O–H groups in total. The minimum absolute atomic E-state index is 0. The summed E-state index contributed by atoms with van der Waals surface area (Å²) in [5.41, 5.74) is -0.162. The highest BCUT2D eigenvalue weighted by molar-refractivity contribution is 14.0. The maximum Gasteiger partial charge on any atom is 0.191 e. The predicted octanol–water partition coefficient (Wildman–Crippen LogP) is 3.09. The molecule has 150 valence electrons. The molecule has 2 rings (SSSR count). The van der Waals surface area contributed by atoms with Gasteiger partial charge in [-0.15, -0.1) is 35.3 Å². The second kappa shape index (κ2) is 11.4. The predicted molar refractivity (Wildman–Crippen MR) is 122 cm³/mol. The Bertz CT molecular complexity index is 721. The first-order valence-electron chi connectivity index (χ1n) is 8.60. The van der Waals surface area contributed by atoms with E-state index in [1.807, 2.05) is 36.6 Å². The smallest absolute Gasteiger partial charge is 0.191 e. The minimum Gasteiger partial charge on any atom is -0.508 e. The van der Waals surface area contributed by atoms with Gasteiger partial charge < -0.3 is 25.6 Å². The Hall–Kier alpha value is -1.52. The normalized spacial score (nSPS) is 13.4. The lowest BCUT2D eigenvalue weighted by molar-refractivity contribution is 0.0711. The third-order valence-electron chi connectivity index (χ3n) is 3.92. The van der Waals surface area contributed by atoms with Crippen LogP contribution in [0.1, 0.15) is 24.3 Å². The molecule has 1 unspecified atom stereocenters. The molecule has 0 saturated heterocycles. The Balaban J connectivity index is 0.00000364. The van der Waals surface area contributed by atoms with E-state index in [-0.39, 0.29) is 36.3 Å². The van der Waals surface area contributed by atoms with E-state index in [4.69, 9.17) is 4.74 Å². The number of phenolic OH excluding ortho intramolecular Hbond substituents is 1. The van der Waals surface area contributed by atoms with Gasteiger partial charge in [-0.25, -0.2) is 4.99 Å². The van der Waals surface area contributed by atoms with Gasteiger partial charge in [-0.1, -0.05) is 12.1 Å². The number of hydrogen-bond donors (Lipinski definition) is 4. The highest BCUT2D eigenvalue weighted by Gasteiger charge is 2.23. The first-order valence-corrected chi connectivity index (χ1v) is 9.48. The largest absolute Gasteiger partial charge is 0.508 e. The topological polar surface area (TPSA) is 86.1 Å². The number of ether oxygens (including phenoxy) is 1. The molecular weight excluding hydrogens is 477 g/mol. The lowest BCUT2D eigenvalue weighted by Gasteiger charge is -2.20. The van der Waals surface area contributed by atoms with Crippen LogP contribution in [-0.4, -0.2) is 42.9 Å². The Kier molecular flexibility index (Phi) is 9.89. The van der Waals surface area contributed by atoms with Gasteiger partial charge in [0, 0.05) is 24.0 Å². The maximum absolute atomic E-state index is 10.6. The molecule has 8 heteroatoms. The summed E-state index contributed by atoms with van der Waals surface area (Å²) in [7, 11) is 1.57. The molecule has 27 heavy (non-hydrogen) atoms. The monoisotopic (exact) mass is 505 g/mol. The fourth-order valence-corrected chi connectivity index (χ4v) is 3.21. The molecule has 0 fully saturated rings. The molecule has 0 aliphatic heterocycles.